The molecule has 1 nitrogen and oxygen atoms in total. The molecule has 1 N–H and O–H groups in total. The van der Waals surface area contributed by atoms with Crippen molar-refractivity contribution in [3.05, 3.63) is 65.0 Å². The van der Waals surface area contributed by atoms with E-state index in [0.29, 0.717) is 12.0 Å². The minimum absolute atomic E-state index is 0.161. The summed E-state index contributed by atoms with van der Waals surface area (Å²) in [5.41, 5.74) is 5.40. The molecule has 2 aliphatic rings. The Morgan fingerprint density at radius 3 is 2.48 bits per heavy atom. The number of halogens is 1. The smallest absolute Gasteiger partial charge is 0.123 e. The Hall–Kier alpha value is -1.83. The molecular formula is C19H20FN. The van der Waals surface area contributed by atoms with E-state index in [4.69, 9.17) is 0 Å². The number of benzene rings is 2. The summed E-state index contributed by atoms with van der Waals surface area (Å²) in [5, 5.41) is 3.68. The van der Waals surface area contributed by atoms with Gasteiger partial charge in [-0.15, -0.1) is 0 Å². The van der Waals surface area contributed by atoms with Crippen LogP contribution in [0.1, 0.15) is 42.0 Å². The van der Waals surface area contributed by atoms with E-state index in [1.54, 1.807) is 12.1 Å². The predicted octanol–water partition coefficient (Wildman–Crippen LogP) is 4.88. The number of fused-ring (bicyclic) bond motifs is 1. The van der Waals surface area contributed by atoms with Crippen molar-refractivity contribution in [1.82, 2.24) is 0 Å². The molecule has 0 aromatic heterocycles. The fourth-order valence-electron chi connectivity index (χ4n) is 3.41. The first-order valence-corrected chi connectivity index (χ1v) is 7.93. The highest BCUT2D eigenvalue weighted by molar-refractivity contribution is 5.52. The number of nitrogens with one attached hydrogen (secondary N) is 1. The Balaban J connectivity index is 1.59. The molecule has 0 aliphatic heterocycles. The van der Waals surface area contributed by atoms with Crippen LogP contribution >= 0.6 is 0 Å². The van der Waals surface area contributed by atoms with Crippen LogP contribution in [0, 0.1) is 11.7 Å². The fourth-order valence-corrected chi connectivity index (χ4v) is 3.41. The Labute approximate surface area is 125 Å². The third-order valence-corrected chi connectivity index (χ3v) is 4.74. The minimum atomic E-state index is -0.161. The van der Waals surface area contributed by atoms with Crippen LogP contribution in [0.25, 0.3) is 0 Å². The van der Waals surface area contributed by atoms with Crippen molar-refractivity contribution in [3.63, 3.8) is 0 Å². The number of rotatable bonds is 4. The quantitative estimate of drug-likeness (QED) is 0.842. The van der Waals surface area contributed by atoms with Gasteiger partial charge in [-0.05, 0) is 79.0 Å². The second-order valence-corrected chi connectivity index (χ2v) is 6.35. The topological polar surface area (TPSA) is 12.0 Å². The molecule has 1 fully saturated rings. The number of hydrogen-bond donors (Lipinski definition) is 1. The van der Waals surface area contributed by atoms with Crippen LogP contribution in [0.4, 0.5) is 10.1 Å². The largest absolute Gasteiger partial charge is 0.378 e. The molecule has 2 aromatic rings. The van der Waals surface area contributed by atoms with Crippen molar-refractivity contribution in [2.45, 2.75) is 38.1 Å². The van der Waals surface area contributed by atoms with Crippen LogP contribution in [-0.4, -0.2) is 0 Å². The van der Waals surface area contributed by atoms with Gasteiger partial charge in [-0.2, -0.15) is 0 Å². The van der Waals surface area contributed by atoms with Gasteiger partial charge in [0, 0.05) is 5.69 Å². The van der Waals surface area contributed by atoms with E-state index < -0.39 is 0 Å². The van der Waals surface area contributed by atoms with Crippen molar-refractivity contribution >= 4 is 5.69 Å². The summed E-state index contributed by atoms with van der Waals surface area (Å²) in [6.07, 6.45) is 6.23. The monoisotopic (exact) mass is 281 g/mol. The molecule has 2 heteroatoms. The normalized spacial score (nSPS) is 18.3. The van der Waals surface area contributed by atoms with E-state index in [-0.39, 0.29) is 5.82 Å². The van der Waals surface area contributed by atoms with Gasteiger partial charge in [-0.3, -0.25) is 0 Å². The van der Waals surface area contributed by atoms with Gasteiger partial charge in [0.1, 0.15) is 5.82 Å². The lowest BCUT2D eigenvalue weighted by Gasteiger charge is -2.21. The summed E-state index contributed by atoms with van der Waals surface area (Å²) in [5.74, 6) is 0.523. The molecule has 2 aromatic carbocycles. The van der Waals surface area contributed by atoms with Gasteiger partial charge in [-0.25, -0.2) is 4.39 Å². The van der Waals surface area contributed by atoms with Crippen LogP contribution in [0.2, 0.25) is 0 Å². The molecule has 0 saturated heterocycles. The summed E-state index contributed by atoms with van der Waals surface area (Å²) in [6.45, 7) is 0. The van der Waals surface area contributed by atoms with E-state index in [2.05, 4.69) is 23.5 Å². The minimum Gasteiger partial charge on any atom is -0.378 e. The third kappa shape index (κ3) is 2.67. The van der Waals surface area contributed by atoms with Gasteiger partial charge in [-0.1, -0.05) is 18.2 Å². The molecule has 2 aliphatic carbocycles. The maximum Gasteiger partial charge on any atom is 0.123 e. The van der Waals surface area contributed by atoms with E-state index in [9.17, 15) is 4.39 Å². The lowest BCUT2D eigenvalue weighted by atomic mass is 10.0. The van der Waals surface area contributed by atoms with Crippen LogP contribution in [-0.2, 0) is 12.8 Å². The van der Waals surface area contributed by atoms with Gasteiger partial charge in [0.05, 0.1) is 6.04 Å². The number of hydrogen-bond acceptors (Lipinski definition) is 1. The molecule has 0 bridgehead atoms. The highest BCUT2D eigenvalue weighted by Gasteiger charge is 2.32. The van der Waals surface area contributed by atoms with Crippen molar-refractivity contribution in [2.24, 2.45) is 5.92 Å². The van der Waals surface area contributed by atoms with Gasteiger partial charge in [0.15, 0.2) is 0 Å². The molecule has 1 atom stereocenters. The molecule has 1 unspecified atom stereocenters. The SMILES string of the molecule is Fc1ccc(C(Nc2ccc3c(c2)CCC3)C2CC2)cc1. The maximum atomic E-state index is 13.1. The molecule has 1 saturated carbocycles. The van der Waals surface area contributed by atoms with E-state index >= 15 is 0 Å². The molecule has 0 amide bonds. The second kappa shape index (κ2) is 5.18. The lowest BCUT2D eigenvalue weighted by molar-refractivity contribution is 0.622. The van der Waals surface area contributed by atoms with Gasteiger partial charge in [0.2, 0.25) is 0 Å². The fraction of sp³-hybridized carbons (Fsp3) is 0.368. The zero-order valence-corrected chi connectivity index (χ0v) is 12.1. The van der Waals surface area contributed by atoms with Crippen molar-refractivity contribution in [2.75, 3.05) is 5.32 Å². The van der Waals surface area contributed by atoms with Crippen molar-refractivity contribution in [3.8, 4) is 0 Å². The summed E-state index contributed by atoms with van der Waals surface area (Å²) < 4.78 is 13.1. The number of anilines is 1. The lowest BCUT2D eigenvalue weighted by Crippen LogP contribution is -2.13. The highest BCUT2D eigenvalue weighted by Crippen LogP contribution is 2.43. The average molecular weight is 281 g/mol. The maximum absolute atomic E-state index is 13.1. The molecule has 0 spiro atoms. The Morgan fingerprint density at radius 1 is 0.952 bits per heavy atom. The highest BCUT2D eigenvalue weighted by atomic mass is 19.1. The first-order valence-electron chi connectivity index (χ1n) is 7.93. The summed E-state index contributed by atoms with van der Waals surface area (Å²) in [6, 6.07) is 14.0. The van der Waals surface area contributed by atoms with Crippen molar-refractivity contribution < 1.29 is 4.39 Å². The number of aryl methyl sites for hydroxylation is 2. The van der Waals surface area contributed by atoms with Crippen LogP contribution in [0.15, 0.2) is 42.5 Å². The average Bonchev–Trinajstić information content (AvgIpc) is 3.23. The van der Waals surface area contributed by atoms with E-state index in [1.807, 2.05) is 12.1 Å². The van der Waals surface area contributed by atoms with Crippen molar-refractivity contribution in [1.29, 1.82) is 0 Å². The first kappa shape index (κ1) is 12.9. The Morgan fingerprint density at radius 2 is 1.71 bits per heavy atom. The molecule has 0 radical (unpaired) electrons. The summed E-state index contributed by atoms with van der Waals surface area (Å²) in [7, 11) is 0. The molecule has 108 valence electrons. The Kier molecular flexibility index (Phi) is 3.17. The summed E-state index contributed by atoms with van der Waals surface area (Å²) >= 11 is 0. The predicted molar refractivity (Wildman–Crippen MR) is 84.0 cm³/mol. The van der Waals surface area contributed by atoms with E-state index in [0.717, 1.165) is 0 Å². The zero-order chi connectivity index (χ0) is 14.2. The molecule has 4 rings (SSSR count). The molecule has 21 heavy (non-hydrogen) atoms. The van der Waals surface area contributed by atoms with Gasteiger partial charge in [0.25, 0.3) is 0 Å². The third-order valence-electron chi connectivity index (χ3n) is 4.74. The first-order chi connectivity index (χ1) is 10.3. The van der Waals surface area contributed by atoms with Gasteiger partial charge >= 0.3 is 0 Å². The Bertz CT molecular complexity index is 643. The van der Waals surface area contributed by atoms with Crippen LogP contribution in [0.3, 0.4) is 0 Å². The molecule has 0 heterocycles. The zero-order valence-electron chi connectivity index (χ0n) is 12.1. The standard InChI is InChI=1S/C19H20FN/c20-17-9-6-15(7-10-17)19(14-4-5-14)21-18-11-8-13-2-1-3-16(13)12-18/h6-12,14,19,21H,1-5H2. The van der Waals surface area contributed by atoms with E-state index in [1.165, 1.54) is 54.5 Å². The molecular weight excluding hydrogens is 261 g/mol. The summed E-state index contributed by atoms with van der Waals surface area (Å²) in [4.78, 5) is 0. The van der Waals surface area contributed by atoms with Crippen LogP contribution < -0.4 is 5.32 Å². The van der Waals surface area contributed by atoms with Gasteiger partial charge < -0.3 is 5.32 Å². The second-order valence-electron chi connectivity index (χ2n) is 6.35. The van der Waals surface area contributed by atoms with Crippen LogP contribution in [0.5, 0.6) is 0 Å².